The van der Waals surface area contributed by atoms with Crippen LogP contribution in [-0.2, 0) is 80.4 Å². The predicted molar refractivity (Wildman–Crippen MR) is 249 cm³/mol. The van der Waals surface area contributed by atoms with Crippen molar-refractivity contribution in [2.75, 3.05) is 58.4 Å². The quantitative estimate of drug-likeness (QED) is 0.0247. The number of aliphatic hydroxyl groups is 2. The fraction of sp³-hybridized carbons (Fsp3) is 0.559. The Morgan fingerprint density at radius 2 is 1.21 bits per heavy atom. The Morgan fingerprint density at radius 1 is 0.649 bits per heavy atom. The summed E-state index contributed by atoms with van der Waals surface area (Å²) in [4.78, 5) is 96.6. The highest BCUT2D eigenvalue weighted by molar-refractivity contribution is 7.66. The lowest BCUT2D eigenvalue weighted by Crippen LogP contribution is -2.47. The van der Waals surface area contributed by atoms with E-state index in [4.69, 9.17) is 63.7 Å². The zero-order valence-corrected chi connectivity index (χ0v) is 43.5. The lowest BCUT2D eigenvalue weighted by atomic mass is 10.1. The lowest BCUT2D eigenvalue weighted by Gasteiger charge is -2.26. The van der Waals surface area contributed by atoms with Crippen molar-refractivity contribution in [2.24, 2.45) is 7.05 Å². The first-order valence-corrected chi connectivity index (χ1v) is 27.9. The molecular formula is C34H48N15O24P4+. The lowest BCUT2D eigenvalue weighted by molar-refractivity contribution is -0.746. The largest absolute Gasteiger partial charge is 0.490 e. The van der Waals surface area contributed by atoms with Crippen molar-refractivity contribution in [1.82, 2.24) is 53.6 Å². The first kappa shape index (κ1) is 56.6. The van der Waals surface area contributed by atoms with E-state index in [1.165, 1.54) is 41.3 Å². The SMILES string of the molecule is COC1[C@@H](OC)[C@@H](COP(=O)(O)OP(=O)(O)OP(=O)(O)OC[C@H]2O[C@@H](n3cnc4c(N)ncnc43)[C@@H](OC)C2OP(=O)(O)OC[C@H]2O[C@@H](n3cnc4c(=O)[nH]c(N)nc43)[C@@H](O)C2O)O[C@H]1[n+]1cn(C)c2c(=O)[nH]c(N)nc21. The molecule has 6 aromatic rings. The number of aromatic nitrogens is 12. The van der Waals surface area contributed by atoms with E-state index in [1.807, 2.05) is 0 Å². The number of phosphoric acid groups is 4. The van der Waals surface area contributed by atoms with Crippen LogP contribution in [0.5, 0.6) is 0 Å². The summed E-state index contributed by atoms with van der Waals surface area (Å²) in [6.07, 6.45) is -13.2. The molecule has 3 aliphatic rings. The van der Waals surface area contributed by atoms with Gasteiger partial charge in [-0.1, -0.05) is 4.98 Å². The molecule has 0 bridgehead atoms. The maximum absolute atomic E-state index is 13.7. The third-order valence-electron chi connectivity index (χ3n) is 12.0. The number of nitrogen functional groups attached to an aromatic ring is 3. The van der Waals surface area contributed by atoms with Crippen molar-refractivity contribution in [3.05, 3.63) is 46.0 Å². The first-order valence-electron chi connectivity index (χ1n) is 21.9. The zero-order chi connectivity index (χ0) is 55.7. The summed E-state index contributed by atoms with van der Waals surface area (Å²) in [5, 5.41) is 21.8. The van der Waals surface area contributed by atoms with Gasteiger partial charge in [-0.25, -0.2) is 42.8 Å². The number of aromatic amines is 2. The van der Waals surface area contributed by atoms with E-state index in [-0.39, 0.29) is 51.2 Å². The molecule has 77 heavy (non-hydrogen) atoms. The summed E-state index contributed by atoms with van der Waals surface area (Å²) in [5.41, 5.74) is 15.9. The summed E-state index contributed by atoms with van der Waals surface area (Å²) in [6.45, 7) is -3.14. The molecule has 422 valence electrons. The minimum absolute atomic E-state index is 0.0205. The van der Waals surface area contributed by atoms with Crippen LogP contribution < -0.4 is 32.9 Å². The molecule has 0 saturated carbocycles. The summed E-state index contributed by atoms with van der Waals surface area (Å²) < 4.78 is 122. The van der Waals surface area contributed by atoms with Gasteiger partial charge in [0.2, 0.25) is 17.7 Å². The minimum atomic E-state index is -6.16. The zero-order valence-electron chi connectivity index (χ0n) is 39.9. The van der Waals surface area contributed by atoms with Gasteiger partial charge in [-0.05, 0) is 0 Å². The van der Waals surface area contributed by atoms with Crippen LogP contribution in [-0.4, -0.2) is 179 Å². The van der Waals surface area contributed by atoms with Crippen molar-refractivity contribution in [3.63, 3.8) is 0 Å². The standard InChI is InChI=1S/C34H47N15O24P4/c1-46-11-49(27-17(46)29(53)45-34(37)43-27)32-22(63-3)20(62-2)13(69-32)6-66-75(56,57)72-77(60,61)73-76(58,59)67-7-14-21(23(64-4)31(70-14)47-9-40-15-24(35)38-8-39-25(15)47)71-74(54,55)65-5-12-18(50)19(51)30(68-12)48-10-41-16-26(48)42-33(36)44-28(16)52/h8-14,18-23,30-32,50-51H,5-7H2,1-4H3,(H11-,35,36,37,38,39,42,43,44,45,52,53,54,55,56,57,58,59,60,61)/p+1/t12-,13-,14-,18?,19+,20+,21?,22?,23+,30-,31-,32-/m1/s1. The Balaban J connectivity index is 0.870. The second-order valence-electron chi connectivity index (χ2n) is 16.9. The Labute approximate surface area is 428 Å². The number of aryl methyl sites for hydroxylation is 1. The van der Waals surface area contributed by atoms with Gasteiger partial charge >= 0.3 is 36.9 Å². The van der Waals surface area contributed by atoms with Crippen molar-refractivity contribution in [2.45, 2.75) is 73.6 Å². The highest BCUT2D eigenvalue weighted by Gasteiger charge is 2.54. The molecule has 9 rings (SSSR count). The highest BCUT2D eigenvalue weighted by atomic mass is 31.3. The average molecular weight is 1170 g/mol. The number of ether oxygens (including phenoxy) is 6. The van der Waals surface area contributed by atoms with Crippen molar-refractivity contribution < 1.29 is 108 Å². The summed E-state index contributed by atoms with van der Waals surface area (Å²) in [6, 6.07) is 0. The molecule has 0 spiro atoms. The number of aliphatic hydroxyl groups excluding tert-OH is 2. The number of rotatable bonds is 21. The number of hydrogen-bond acceptors (Lipinski definition) is 29. The summed E-state index contributed by atoms with van der Waals surface area (Å²) >= 11 is 0. The number of imidazole rings is 3. The number of nitrogens with zero attached hydrogens (tertiary/aromatic N) is 10. The summed E-state index contributed by atoms with van der Waals surface area (Å²) in [5.74, 6) is -0.617. The molecule has 0 aromatic carbocycles. The first-order chi connectivity index (χ1) is 36.2. The fourth-order valence-corrected chi connectivity index (χ4v) is 13.3. The Kier molecular flexibility index (Phi) is 15.8. The van der Waals surface area contributed by atoms with Gasteiger partial charge < -0.3 is 75.4 Å². The monoisotopic (exact) mass is 1170 g/mol. The third kappa shape index (κ3) is 11.4. The van der Waals surface area contributed by atoms with E-state index >= 15 is 0 Å². The van der Waals surface area contributed by atoms with E-state index in [0.29, 0.717) is 0 Å². The molecule has 43 heteroatoms. The molecule has 9 heterocycles. The maximum atomic E-state index is 13.7. The van der Waals surface area contributed by atoms with Crippen LogP contribution in [0, 0.1) is 0 Å². The second-order valence-corrected chi connectivity index (χ2v) is 22.9. The maximum Gasteiger partial charge on any atom is 0.490 e. The topological polar surface area (TPSA) is 540 Å². The highest BCUT2D eigenvalue weighted by Crippen LogP contribution is 2.68. The van der Waals surface area contributed by atoms with Crippen LogP contribution in [0.25, 0.3) is 33.5 Å². The van der Waals surface area contributed by atoms with Gasteiger partial charge in [0.05, 0.1) is 39.5 Å². The van der Waals surface area contributed by atoms with Crippen LogP contribution in [0.2, 0.25) is 0 Å². The van der Waals surface area contributed by atoms with Crippen LogP contribution in [0.3, 0.4) is 0 Å². The molecule has 14 N–H and O–H groups in total. The minimum Gasteiger partial charge on any atom is -0.387 e. The molecule has 3 aliphatic heterocycles. The molecule has 16 atom stereocenters. The number of fused-ring (bicyclic) bond motifs is 3. The molecular weight excluding hydrogens is 1130 g/mol. The number of H-pyrrole nitrogens is 2. The van der Waals surface area contributed by atoms with Crippen molar-refractivity contribution in [1.29, 1.82) is 0 Å². The van der Waals surface area contributed by atoms with Crippen LogP contribution >= 0.6 is 31.3 Å². The molecule has 6 aromatic heterocycles. The van der Waals surface area contributed by atoms with Gasteiger partial charge in [-0.15, -0.1) is 0 Å². The van der Waals surface area contributed by atoms with E-state index in [9.17, 15) is 57.6 Å². The van der Waals surface area contributed by atoms with Gasteiger partial charge in [0.1, 0.15) is 66.8 Å². The molecule has 3 saturated heterocycles. The number of methoxy groups -OCH3 is 3. The van der Waals surface area contributed by atoms with E-state index in [1.54, 1.807) is 0 Å². The van der Waals surface area contributed by atoms with E-state index in [0.717, 1.165) is 30.7 Å². The molecule has 0 aliphatic carbocycles. The van der Waals surface area contributed by atoms with Crippen LogP contribution in [0.15, 0.2) is 34.9 Å². The average Bonchev–Trinajstić information content (AvgIpc) is 4.20. The molecule has 3 fully saturated rings. The second kappa shape index (κ2) is 21.5. The van der Waals surface area contributed by atoms with Crippen LogP contribution in [0.4, 0.5) is 17.7 Å². The normalized spacial score (nSPS) is 30.0. The molecule has 39 nitrogen and oxygen atoms in total. The van der Waals surface area contributed by atoms with Gasteiger partial charge in [-0.2, -0.15) is 13.6 Å². The molecule has 0 radical (unpaired) electrons. The predicted octanol–water partition coefficient (Wildman–Crippen LogP) is -3.40. The van der Waals surface area contributed by atoms with Crippen LogP contribution in [0.1, 0.15) is 18.7 Å². The van der Waals surface area contributed by atoms with E-state index < -0.39 is 136 Å². The fourth-order valence-electron chi connectivity index (χ4n) is 8.79. The third-order valence-corrected chi connectivity index (χ3v) is 17.3. The van der Waals surface area contributed by atoms with Crippen molar-refractivity contribution in [3.8, 4) is 0 Å². The Morgan fingerprint density at radius 3 is 1.86 bits per heavy atom. The van der Waals surface area contributed by atoms with Gasteiger partial charge in [0.15, 0.2) is 41.4 Å². The summed E-state index contributed by atoms with van der Waals surface area (Å²) in [7, 11) is -18.1. The number of nitrogens with two attached hydrogens (primary N) is 3. The van der Waals surface area contributed by atoms with E-state index in [2.05, 4.69) is 48.5 Å². The number of hydrogen-bond donors (Lipinski definition) is 11. The van der Waals surface area contributed by atoms with Crippen molar-refractivity contribution >= 4 is 82.5 Å². The molecule has 7 unspecified atom stereocenters. The van der Waals surface area contributed by atoms with Gasteiger partial charge in [-0.3, -0.25) is 51.4 Å². The number of nitrogens with one attached hydrogen (secondary N) is 2. The van der Waals surface area contributed by atoms with Gasteiger partial charge in [0.25, 0.3) is 17.1 Å². The Hall–Kier alpha value is -5.15. The number of anilines is 3. The Bertz CT molecular complexity index is 3510. The number of phosphoric ester groups is 3. The molecule has 0 amide bonds. The smallest absolute Gasteiger partial charge is 0.387 e. The van der Waals surface area contributed by atoms with Gasteiger partial charge in [0, 0.05) is 21.3 Å².